The van der Waals surface area contributed by atoms with Crippen molar-refractivity contribution in [2.45, 2.75) is 0 Å². The fourth-order valence-corrected chi connectivity index (χ4v) is 2.35. The Bertz CT molecular complexity index is 647. The smallest absolute Gasteiger partial charge is 0.260 e. The van der Waals surface area contributed by atoms with Crippen LogP contribution in [0.5, 0.6) is 5.75 Å². The Morgan fingerprint density at radius 1 is 1.16 bits per heavy atom. The minimum atomic E-state index is -0.531. The number of hydrogen-bond acceptors (Lipinski definition) is 2. The van der Waals surface area contributed by atoms with Gasteiger partial charge in [0.15, 0.2) is 0 Å². The van der Waals surface area contributed by atoms with Gasteiger partial charge in [0.25, 0.3) is 5.91 Å². The molecule has 2 aromatic carbocycles. The summed E-state index contributed by atoms with van der Waals surface area (Å²) in [5.74, 6) is -1.16. The summed E-state index contributed by atoms with van der Waals surface area (Å²) in [5.41, 5.74) is 0.398. The molecule has 0 aliphatic carbocycles. The first-order chi connectivity index (χ1) is 8.99. The topological polar surface area (TPSA) is 49.3 Å². The van der Waals surface area contributed by atoms with Crippen molar-refractivity contribution in [1.82, 2.24) is 0 Å². The fraction of sp³-hybridized carbons (Fsp3) is 0. The first kappa shape index (κ1) is 14.0. The molecular weight excluding hydrogens is 381 g/mol. The minimum Gasteiger partial charge on any atom is -0.506 e. The van der Waals surface area contributed by atoms with Gasteiger partial charge in [-0.05, 0) is 62.2 Å². The Kier molecular flexibility index (Phi) is 4.21. The maximum atomic E-state index is 13.0. The van der Waals surface area contributed by atoms with Crippen LogP contribution in [0.1, 0.15) is 10.4 Å². The number of aromatic hydroxyl groups is 1. The number of amides is 1. The lowest BCUT2D eigenvalue weighted by atomic mass is 10.2. The molecule has 0 saturated heterocycles. The van der Waals surface area contributed by atoms with E-state index in [-0.39, 0.29) is 11.3 Å². The van der Waals surface area contributed by atoms with Crippen molar-refractivity contribution in [2.75, 3.05) is 5.32 Å². The van der Waals surface area contributed by atoms with Crippen molar-refractivity contribution in [3.8, 4) is 5.75 Å². The summed E-state index contributed by atoms with van der Waals surface area (Å²) in [5, 5.41) is 12.4. The number of phenolic OH excluding ortho intramolecular Hbond substituents is 1. The van der Waals surface area contributed by atoms with E-state index in [4.69, 9.17) is 0 Å². The fourth-order valence-electron chi connectivity index (χ4n) is 1.52. The number of carbonyl (C=O) groups is 1. The summed E-state index contributed by atoms with van der Waals surface area (Å²) < 4.78 is 13.9. The van der Waals surface area contributed by atoms with Gasteiger partial charge in [-0.2, -0.15) is 0 Å². The van der Waals surface area contributed by atoms with E-state index in [1.54, 1.807) is 18.2 Å². The van der Waals surface area contributed by atoms with Gasteiger partial charge in [0, 0.05) is 10.2 Å². The van der Waals surface area contributed by atoms with E-state index >= 15 is 0 Å². The second kappa shape index (κ2) is 5.71. The van der Waals surface area contributed by atoms with Gasteiger partial charge in [-0.1, -0.05) is 6.07 Å². The Morgan fingerprint density at radius 2 is 1.84 bits per heavy atom. The first-order valence-electron chi connectivity index (χ1n) is 5.23. The van der Waals surface area contributed by atoms with E-state index in [1.165, 1.54) is 18.2 Å². The molecule has 2 aromatic rings. The lowest BCUT2D eigenvalue weighted by Crippen LogP contribution is -2.13. The van der Waals surface area contributed by atoms with Crippen LogP contribution in [-0.2, 0) is 0 Å². The Balaban J connectivity index is 2.33. The van der Waals surface area contributed by atoms with E-state index < -0.39 is 11.7 Å². The average molecular weight is 389 g/mol. The molecular formula is C13H8Br2FNO2. The Hall–Kier alpha value is -1.40. The Labute approximate surface area is 125 Å². The predicted octanol–water partition coefficient (Wildman–Crippen LogP) is 4.31. The van der Waals surface area contributed by atoms with Crippen LogP contribution < -0.4 is 5.32 Å². The molecule has 0 bridgehead atoms. The van der Waals surface area contributed by atoms with Crippen LogP contribution in [0.4, 0.5) is 10.1 Å². The van der Waals surface area contributed by atoms with E-state index in [9.17, 15) is 14.3 Å². The molecule has 0 aliphatic heterocycles. The summed E-state index contributed by atoms with van der Waals surface area (Å²) in [6, 6.07) is 8.76. The van der Waals surface area contributed by atoms with E-state index in [0.717, 1.165) is 0 Å². The highest BCUT2D eigenvalue weighted by Crippen LogP contribution is 2.33. The molecule has 0 fully saturated rings. The lowest BCUT2D eigenvalue weighted by molar-refractivity contribution is 0.102. The SMILES string of the molecule is O=C(Nc1cccc(F)c1)c1c(Br)ccc(Br)c1O. The summed E-state index contributed by atoms with van der Waals surface area (Å²) >= 11 is 6.33. The van der Waals surface area contributed by atoms with Crippen LogP contribution in [0.3, 0.4) is 0 Å². The van der Waals surface area contributed by atoms with Gasteiger partial charge in [0.1, 0.15) is 11.6 Å². The van der Waals surface area contributed by atoms with Gasteiger partial charge < -0.3 is 10.4 Å². The molecule has 0 saturated carbocycles. The number of halogens is 3. The summed E-state index contributed by atoms with van der Waals surface area (Å²) in [6.07, 6.45) is 0. The molecule has 0 aliphatic rings. The molecule has 1 amide bonds. The molecule has 0 unspecified atom stereocenters. The van der Waals surface area contributed by atoms with E-state index in [0.29, 0.717) is 14.6 Å². The van der Waals surface area contributed by atoms with E-state index in [1.807, 2.05) is 0 Å². The molecule has 6 heteroatoms. The van der Waals surface area contributed by atoms with Gasteiger partial charge in [-0.15, -0.1) is 0 Å². The third-order valence-corrected chi connectivity index (χ3v) is 3.69. The van der Waals surface area contributed by atoms with Crippen LogP contribution in [-0.4, -0.2) is 11.0 Å². The largest absolute Gasteiger partial charge is 0.506 e. The van der Waals surface area contributed by atoms with Crippen molar-refractivity contribution in [2.24, 2.45) is 0 Å². The summed E-state index contributed by atoms with van der Waals surface area (Å²) in [7, 11) is 0. The van der Waals surface area contributed by atoms with Crippen molar-refractivity contribution < 1.29 is 14.3 Å². The minimum absolute atomic E-state index is 0.0821. The molecule has 2 rings (SSSR count). The highest BCUT2D eigenvalue weighted by molar-refractivity contribution is 9.11. The molecule has 0 atom stereocenters. The standard InChI is InChI=1S/C13H8Br2FNO2/c14-9-4-5-10(15)12(18)11(9)13(19)17-8-3-1-2-7(16)6-8/h1-6,18H,(H,17,19). The molecule has 98 valence electrons. The highest BCUT2D eigenvalue weighted by Gasteiger charge is 2.17. The van der Waals surface area contributed by atoms with Crippen LogP contribution in [0.15, 0.2) is 45.3 Å². The monoisotopic (exact) mass is 387 g/mol. The van der Waals surface area contributed by atoms with Gasteiger partial charge in [-0.25, -0.2) is 4.39 Å². The first-order valence-corrected chi connectivity index (χ1v) is 6.81. The van der Waals surface area contributed by atoms with Gasteiger partial charge in [0.05, 0.1) is 10.0 Å². The molecule has 2 N–H and O–H groups in total. The van der Waals surface area contributed by atoms with Gasteiger partial charge >= 0.3 is 0 Å². The van der Waals surface area contributed by atoms with Crippen molar-refractivity contribution in [3.05, 3.63) is 56.7 Å². The summed E-state index contributed by atoms with van der Waals surface area (Å²) in [4.78, 5) is 12.1. The van der Waals surface area contributed by atoms with Crippen LogP contribution in [0, 0.1) is 5.82 Å². The molecule has 19 heavy (non-hydrogen) atoms. The third kappa shape index (κ3) is 3.13. The number of rotatable bonds is 2. The number of nitrogens with one attached hydrogen (secondary N) is 1. The zero-order valence-corrected chi connectivity index (χ0v) is 12.6. The van der Waals surface area contributed by atoms with Crippen molar-refractivity contribution >= 4 is 43.5 Å². The van der Waals surface area contributed by atoms with Crippen molar-refractivity contribution in [1.29, 1.82) is 0 Å². The highest BCUT2D eigenvalue weighted by atomic mass is 79.9. The maximum absolute atomic E-state index is 13.0. The molecule has 0 heterocycles. The second-order valence-corrected chi connectivity index (χ2v) is 5.43. The van der Waals surface area contributed by atoms with Crippen molar-refractivity contribution in [3.63, 3.8) is 0 Å². The molecule has 3 nitrogen and oxygen atoms in total. The zero-order chi connectivity index (χ0) is 14.0. The molecule has 0 spiro atoms. The molecule has 0 radical (unpaired) electrons. The lowest BCUT2D eigenvalue weighted by Gasteiger charge is -2.09. The van der Waals surface area contributed by atoms with Crippen LogP contribution in [0.25, 0.3) is 0 Å². The predicted molar refractivity (Wildman–Crippen MR) is 77.9 cm³/mol. The van der Waals surface area contributed by atoms with Crippen LogP contribution >= 0.6 is 31.9 Å². The number of benzene rings is 2. The third-order valence-electron chi connectivity index (χ3n) is 2.39. The average Bonchev–Trinajstić information content (AvgIpc) is 2.34. The number of phenols is 1. The zero-order valence-electron chi connectivity index (χ0n) is 9.45. The van der Waals surface area contributed by atoms with Gasteiger partial charge in [-0.3, -0.25) is 4.79 Å². The van der Waals surface area contributed by atoms with Gasteiger partial charge in [0.2, 0.25) is 0 Å². The Morgan fingerprint density at radius 3 is 2.53 bits per heavy atom. The summed E-state index contributed by atoms with van der Waals surface area (Å²) in [6.45, 7) is 0. The molecule has 0 aromatic heterocycles. The number of hydrogen-bond donors (Lipinski definition) is 2. The quantitative estimate of drug-likeness (QED) is 0.805. The number of anilines is 1. The second-order valence-electron chi connectivity index (χ2n) is 3.72. The van der Waals surface area contributed by atoms with Crippen LogP contribution in [0.2, 0.25) is 0 Å². The van der Waals surface area contributed by atoms with E-state index in [2.05, 4.69) is 37.2 Å². The maximum Gasteiger partial charge on any atom is 0.260 e. The normalized spacial score (nSPS) is 10.3. The number of carbonyl (C=O) groups excluding carboxylic acids is 1.